The Hall–Kier alpha value is -3.81. The van der Waals surface area contributed by atoms with Crippen LogP contribution in [0.3, 0.4) is 0 Å². The fourth-order valence-electron chi connectivity index (χ4n) is 3.62. The monoisotopic (exact) mass is 406 g/mol. The maximum atomic E-state index is 12.5. The molecule has 1 aliphatic rings. The quantitative estimate of drug-likeness (QED) is 0.599. The Morgan fingerprint density at radius 2 is 1.97 bits per heavy atom. The number of nitrogens with zero attached hydrogens (tertiary/aromatic N) is 1. The minimum absolute atomic E-state index is 0.0442. The Morgan fingerprint density at radius 3 is 2.73 bits per heavy atom. The lowest BCUT2D eigenvalue weighted by atomic mass is 9.86. The number of aryl methyl sites for hydroxylation is 1. The van der Waals surface area contributed by atoms with Crippen molar-refractivity contribution in [2.24, 2.45) is 0 Å². The Labute approximate surface area is 173 Å². The van der Waals surface area contributed by atoms with Crippen LogP contribution in [0.5, 0.6) is 11.5 Å². The summed E-state index contributed by atoms with van der Waals surface area (Å²) < 4.78 is 11.5. The Balaban J connectivity index is 1.66. The van der Waals surface area contributed by atoms with E-state index in [9.17, 15) is 9.59 Å². The van der Waals surface area contributed by atoms with Crippen molar-refractivity contribution in [2.75, 3.05) is 18.2 Å². The SMILES string of the molecule is COc1cc([C@@H]2CC(=O)Nc3nc(N)[nH]c(=O)c32)ccc1OCc1ccccc1C. The average molecular weight is 406 g/mol. The lowest BCUT2D eigenvalue weighted by molar-refractivity contribution is -0.116. The number of carbonyl (C=O) groups is 1. The number of nitrogen functional groups attached to an aromatic ring is 1. The van der Waals surface area contributed by atoms with Gasteiger partial charge in [0.05, 0.1) is 12.7 Å². The van der Waals surface area contributed by atoms with Crippen LogP contribution in [0.4, 0.5) is 11.8 Å². The second kappa shape index (κ2) is 7.90. The van der Waals surface area contributed by atoms with E-state index in [1.165, 1.54) is 0 Å². The normalized spacial score (nSPS) is 15.3. The molecule has 0 unspecified atom stereocenters. The number of H-pyrrole nitrogens is 1. The highest BCUT2D eigenvalue weighted by Gasteiger charge is 2.31. The average Bonchev–Trinajstić information content (AvgIpc) is 2.72. The molecule has 0 saturated heterocycles. The van der Waals surface area contributed by atoms with Gasteiger partial charge >= 0.3 is 0 Å². The van der Waals surface area contributed by atoms with Gasteiger partial charge in [-0.25, -0.2) is 0 Å². The van der Waals surface area contributed by atoms with Gasteiger partial charge in [-0.15, -0.1) is 0 Å². The predicted octanol–water partition coefficient (Wildman–Crippen LogP) is 2.72. The van der Waals surface area contributed by atoms with Crippen molar-refractivity contribution in [3.8, 4) is 11.5 Å². The Kier molecular flexibility index (Phi) is 5.14. The zero-order valence-corrected chi connectivity index (χ0v) is 16.7. The van der Waals surface area contributed by atoms with Crippen molar-refractivity contribution < 1.29 is 14.3 Å². The van der Waals surface area contributed by atoms with E-state index in [2.05, 4.69) is 15.3 Å². The Bertz CT molecular complexity index is 1170. The number of rotatable bonds is 5. The van der Waals surface area contributed by atoms with E-state index < -0.39 is 5.92 Å². The summed E-state index contributed by atoms with van der Waals surface area (Å²) in [6.45, 7) is 2.43. The molecular formula is C22H22N4O4. The third kappa shape index (κ3) is 3.71. The number of aromatic amines is 1. The fraction of sp³-hybridized carbons (Fsp3) is 0.227. The molecule has 0 fully saturated rings. The molecule has 2 aromatic carbocycles. The molecule has 2 heterocycles. The summed E-state index contributed by atoms with van der Waals surface area (Å²) in [6.07, 6.45) is 0.119. The smallest absolute Gasteiger partial charge is 0.258 e. The lowest BCUT2D eigenvalue weighted by Crippen LogP contribution is -2.31. The minimum atomic E-state index is -0.468. The van der Waals surface area contributed by atoms with Crippen LogP contribution in [0.15, 0.2) is 47.3 Å². The number of anilines is 2. The highest BCUT2D eigenvalue weighted by atomic mass is 16.5. The van der Waals surface area contributed by atoms with Crippen molar-refractivity contribution >= 4 is 17.7 Å². The van der Waals surface area contributed by atoms with Gasteiger partial charge in [0.25, 0.3) is 5.56 Å². The van der Waals surface area contributed by atoms with E-state index in [4.69, 9.17) is 15.2 Å². The number of benzene rings is 2. The van der Waals surface area contributed by atoms with Crippen LogP contribution in [0, 0.1) is 6.92 Å². The van der Waals surface area contributed by atoms with Gasteiger partial charge in [-0.05, 0) is 35.7 Å². The molecule has 0 aliphatic carbocycles. The van der Waals surface area contributed by atoms with Crippen LogP contribution in [0.2, 0.25) is 0 Å². The van der Waals surface area contributed by atoms with E-state index >= 15 is 0 Å². The van der Waals surface area contributed by atoms with Gasteiger partial charge in [-0.1, -0.05) is 30.3 Å². The molecule has 8 heteroatoms. The predicted molar refractivity (Wildman–Crippen MR) is 113 cm³/mol. The molecule has 154 valence electrons. The standard InChI is InChI=1S/C22H22N4O4/c1-12-5-3-4-6-14(12)11-30-16-8-7-13(9-17(16)29-2)15-10-18(27)24-20-19(15)21(28)26-22(23)25-20/h3-9,15H,10-11H2,1-2H3,(H4,23,24,25,26,27,28)/t15-/m0/s1. The summed E-state index contributed by atoms with van der Waals surface area (Å²) in [6, 6.07) is 13.4. The number of nitrogens with two attached hydrogens (primary N) is 1. The zero-order valence-electron chi connectivity index (χ0n) is 16.7. The fourth-order valence-corrected chi connectivity index (χ4v) is 3.62. The highest BCUT2D eigenvalue weighted by molar-refractivity contribution is 5.94. The van der Waals surface area contributed by atoms with Crippen LogP contribution < -0.4 is 26.1 Å². The number of nitrogens with one attached hydrogen (secondary N) is 2. The van der Waals surface area contributed by atoms with Crippen molar-refractivity contribution in [3.63, 3.8) is 0 Å². The molecule has 8 nitrogen and oxygen atoms in total. The van der Waals surface area contributed by atoms with Crippen molar-refractivity contribution in [1.82, 2.24) is 9.97 Å². The molecule has 4 N–H and O–H groups in total. The molecule has 30 heavy (non-hydrogen) atoms. The third-order valence-electron chi connectivity index (χ3n) is 5.20. The van der Waals surface area contributed by atoms with Gasteiger partial charge in [-0.3, -0.25) is 14.6 Å². The van der Waals surface area contributed by atoms with Gasteiger partial charge in [0, 0.05) is 12.3 Å². The molecule has 4 rings (SSSR count). The number of ether oxygens (including phenoxy) is 2. The van der Waals surface area contributed by atoms with E-state index in [-0.39, 0.29) is 29.7 Å². The van der Waals surface area contributed by atoms with Crippen LogP contribution >= 0.6 is 0 Å². The Morgan fingerprint density at radius 1 is 1.17 bits per heavy atom. The summed E-state index contributed by atoms with van der Waals surface area (Å²) in [5.41, 5.74) is 8.59. The molecule has 1 atom stereocenters. The van der Waals surface area contributed by atoms with Crippen LogP contribution in [-0.4, -0.2) is 23.0 Å². The largest absolute Gasteiger partial charge is 0.493 e. The van der Waals surface area contributed by atoms with Gasteiger partial charge < -0.3 is 20.5 Å². The number of hydrogen-bond donors (Lipinski definition) is 3. The first kappa shape index (κ1) is 19.5. The molecular weight excluding hydrogens is 384 g/mol. The van der Waals surface area contributed by atoms with E-state index in [0.717, 1.165) is 16.7 Å². The van der Waals surface area contributed by atoms with Gasteiger partial charge in [0.2, 0.25) is 11.9 Å². The molecule has 0 bridgehead atoms. The maximum Gasteiger partial charge on any atom is 0.258 e. The first-order valence-corrected chi connectivity index (χ1v) is 9.51. The van der Waals surface area contributed by atoms with Crippen molar-refractivity contribution in [1.29, 1.82) is 0 Å². The summed E-state index contributed by atoms with van der Waals surface area (Å²) in [7, 11) is 1.55. The van der Waals surface area contributed by atoms with Crippen molar-refractivity contribution in [3.05, 3.63) is 75.1 Å². The number of aromatic nitrogens is 2. The summed E-state index contributed by atoms with van der Waals surface area (Å²) in [5, 5.41) is 2.62. The first-order valence-electron chi connectivity index (χ1n) is 9.51. The molecule has 1 aliphatic heterocycles. The summed E-state index contributed by atoms with van der Waals surface area (Å²) >= 11 is 0. The number of fused-ring (bicyclic) bond motifs is 1. The van der Waals surface area contributed by atoms with E-state index in [0.29, 0.717) is 23.7 Å². The summed E-state index contributed by atoms with van der Waals surface area (Å²) in [4.78, 5) is 31.3. The number of hydrogen-bond acceptors (Lipinski definition) is 6. The summed E-state index contributed by atoms with van der Waals surface area (Å²) in [5.74, 6) is 0.546. The van der Waals surface area contributed by atoms with Crippen LogP contribution in [-0.2, 0) is 11.4 Å². The molecule has 0 saturated carbocycles. The lowest BCUT2D eigenvalue weighted by Gasteiger charge is -2.25. The number of methoxy groups -OCH3 is 1. The second-order valence-electron chi connectivity index (χ2n) is 7.14. The van der Waals surface area contributed by atoms with E-state index in [1.54, 1.807) is 19.2 Å². The molecule has 0 radical (unpaired) electrons. The highest BCUT2D eigenvalue weighted by Crippen LogP contribution is 2.38. The number of amides is 1. The van der Waals surface area contributed by atoms with E-state index in [1.807, 2.05) is 37.3 Å². The third-order valence-corrected chi connectivity index (χ3v) is 5.20. The zero-order chi connectivity index (χ0) is 21.3. The maximum absolute atomic E-state index is 12.5. The molecule has 1 amide bonds. The van der Waals surface area contributed by atoms with Gasteiger partial charge in [0.15, 0.2) is 11.5 Å². The van der Waals surface area contributed by atoms with Gasteiger partial charge in [0.1, 0.15) is 12.4 Å². The van der Waals surface area contributed by atoms with Gasteiger partial charge in [-0.2, -0.15) is 4.98 Å². The second-order valence-corrected chi connectivity index (χ2v) is 7.14. The topological polar surface area (TPSA) is 119 Å². The van der Waals surface area contributed by atoms with Crippen LogP contribution in [0.25, 0.3) is 0 Å². The minimum Gasteiger partial charge on any atom is -0.493 e. The first-order chi connectivity index (χ1) is 14.5. The number of carbonyl (C=O) groups excluding carboxylic acids is 1. The van der Waals surface area contributed by atoms with Crippen LogP contribution in [0.1, 0.15) is 34.6 Å². The molecule has 1 aromatic heterocycles. The molecule has 3 aromatic rings. The van der Waals surface area contributed by atoms with Crippen molar-refractivity contribution in [2.45, 2.75) is 25.9 Å². The molecule has 0 spiro atoms.